The zero-order valence-corrected chi connectivity index (χ0v) is 16.0. The van der Waals surface area contributed by atoms with Crippen molar-refractivity contribution in [2.45, 2.75) is 5.16 Å². The number of nitrogens with two attached hydrogens (primary N) is 1. The molecule has 0 unspecified atom stereocenters. The van der Waals surface area contributed by atoms with Crippen LogP contribution in [0, 0.1) is 0 Å². The van der Waals surface area contributed by atoms with E-state index in [1.165, 1.54) is 16.4 Å². The maximum absolute atomic E-state index is 6.12. The van der Waals surface area contributed by atoms with Crippen LogP contribution in [0.2, 0.25) is 0 Å². The molecule has 3 aromatic rings. The minimum atomic E-state index is 0.536. The Hall–Kier alpha value is -2.19. The van der Waals surface area contributed by atoms with E-state index in [0.717, 1.165) is 21.5 Å². The quantitative estimate of drug-likeness (QED) is 0.357. The van der Waals surface area contributed by atoms with Gasteiger partial charge in [0.1, 0.15) is 11.5 Å². The molecule has 3 rings (SSSR count). The van der Waals surface area contributed by atoms with Crippen molar-refractivity contribution in [3.63, 3.8) is 0 Å². The molecule has 0 aliphatic carbocycles. The van der Waals surface area contributed by atoms with Gasteiger partial charge in [0, 0.05) is 15.8 Å². The van der Waals surface area contributed by atoms with Crippen molar-refractivity contribution < 1.29 is 9.47 Å². The second-order valence-corrected chi connectivity index (χ2v) is 6.94. The molecule has 0 bridgehead atoms. The van der Waals surface area contributed by atoms with E-state index >= 15 is 0 Å². The minimum Gasteiger partial charge on any atom is -0.497 e. The number of halogens is 1. The fourth-order valence-electron chi connectivity index (χ4n) is 2.17. The SMILES string of the molecule is COc1ccc(OCCSc2nnc(-c3ccccc3Br)n2N)cc1. The average molecular weight is 421 g/mol. The van der Waals surface area contributed by atoms with Gasteiger partial charge in [0.15, 0.2) is 5.82 Å². The molecule has 0 aliphatic heterocycles. The van der Waals surface area contributed by atoms with Crippen LogP contribution in [-0.2, 0) is 0 Å². The Morgan fingerprint density at radius 2 is 1.80 bits per heavy atom. The van der Waals surface area contributed by atoms with Gasteiger partial charge in [-0.15, -0.1) is 10.2 Å². The number of benzene rings is 2. The number of rotatable bonds is 7. The summed E-state index contributed by atoms with van der Waals surface area (Å²) in [6, 6.07) is 15.2. The summed E-state index contributed by atoms with van der Waals surface area (Å²) in [5.74, 6) is 9.05. The first-order chi connectivity index (χ1) is 12.2. The Bertz CT molecular complexity index is 839. The van der Waals surface area contributed by atoms with E-state index < -0.39 is 0 Å². The second kappa shape index (κ2) is 8.26. The standard InChI is InChI=1S/C17H17BrN4O2S/c1-23-12-6-8-13(9-7-12)24-10-11-25-17-21-20-16(22(17)19)14-4-2-3-5-15(14)18/h2-9H,10-11,19H2,1H3. The monoisotopic (exact) mass is 420 g/mol. The summed E-state index contributed by atoms with van der Waals surface area (Å²) in [6.45, 7) is 0.536. The van der Waals surface area contributed by atoms with E-state index in [1.54, 1.807) is 7.11 Å². The molecule has 6 nitrogen and oxygen atoms in total. The van der Waals surface area contributed by atoms with Gasteiger partial charge in [-0.1, -0.05) is 39.8 Å². The minimum absolute atomic E-state index is 0.536. The van der Waals surface area contributed by atoms with Crippen molar-refractivity contribution in [1.82, 2.24) is 14.9 Å². The third-order valence-corrected chi connectivity index (χ3v) is 5.02. The first-order valence-electron chi connectivity index (χ1n) is 7.54. The Morgan fingerprint density at radius 1 is 1.08 bits per heavy atom. The zero-order valence-electron chi connectivity index (χ0n) is 13.6. The molecule has 0 amide bonds. The molecule has 0 saturated carbocycles. The molecule has 0 spiro atoms. The number of thioether (sulfide) groups is 1. The first-order valence-corrected chi connectivity index (χ1v) is 9.32. The van der Waals surface area contributed by atoms with Gasteiger partial charge in [-0.3, -0.25) is 0 Å². The van der Waals surface area contributed by atoms with E-state index in [4.69, 9.17) is 15.3 Å². The summed E-state index contributed by atoms with van der Waals surface area (Å²) in [6.07, 6.45) is 0. The number of nitrogens with zero attached hydrogens (tertiary/aromatic N) is 3. The lowest BCUT2D eigenvalue weighted by molar-refractivity contribution is 0.342. The molecular weight excluding hydrogens is 404 g/mol. The average Bonchev–Trinajstić information content (AvgIpc) is 3.00. The number of ether oxygens (including phenoxy) is 2. The van der Waals surface area contributed by atoms with Gasteiger partial charge in [0.25, 0.3) is 0 Å². The Balaban J connectivity index is 1.56. The maximum atomic E-state index is 6.12. The van der Waals surface area contributed by atoms with Gasteiger partial charge in [0.2, 0.25) is 5.16 Å². The van der Waals surface area contributed by atoms with Crippen LogP contribution < -0.4 is 15.3 Å². The molecule has 130 valence electrons. The largest absolute Gasteiger partial charge is 0.497 e. The van der Waals surface area contributed by atoms with Gasteiger partial charge < -0.3 is 15.3 Å². The van der Waals surface area contributed by atoms with Gasteiger partial charge >= 0.3 is 0 Å². The lowest BCUT2D eigenvalue weighted by Crippen LogP contribution is -2.12. The zero-order chi connectivity index (χ0) is 17.6. The van der Waals surface area contributed by atoms with E-state index in [9.17, 15) is 0 Å². The van der Waals surface area contributed by atoms with Crippen molar-refractivity contribution in [3.8, 4) is 22.9 Å². The summed E-state index contributed by atoms with van der Waals surface area (Å²) in [4.78, 5) is 0. The van der Waals surface area contributed by atoms with Gasteiger partial charge in [0.05, 0.1) is 13.7 Å². The first kappa shape index (κ1) is 17.6. The molecule has 25 heavy (non-hydrogen) atoms. The number of hydrogen-bond acceptors (Lipinski definition) is 6. The molecule has 1 heterocycles. The number of nitrogen functional groups attached to an aromatic ring is 1. The lowest BCUT2D eigenvalue weighted by Gasteiger charge is -2.07. The van der Waals surface area contributed by atoms with Crippen molar-refractivity contribution in [1.29, 1.82) is 0 Å². The van der Waals surface area contributed by atoms with Crippen LogP contribution in [-0.4, -0.2) is 34.3 Å². The molecular formula is C17H17BrN4O2S. The molecule has 0 atom stereocenters. The molecule has 2 N–H and O–H groups in total. The van der Waals surface area contributed by atoms with Crippen LogP contribution in [0.15, 0.2) is 58.2 Å². The summed E-state index contributed by atoms with van der Waals surface area (Å²) in [7, 11) is 1.64. The molecule has 0 radical (unpaired) electrons. The van der Waals surface area contributed by atoms with Crippen LogP contribution >= 0.6 is 27.7 Å². The number of methoxy groups -OCH3 is 1. The topological polar surface area (TPSA) is 75.2 Å². The molecule has 1 aromatic heterocycles. The number of aromatic nitrogens is 3. The van der Waals surface area contributed by atoms with Crippen LogP contribution in [0.25, 0.3) is 11.4 Å². The smallest absolute Gasteiger partial charge is 0.210 e. The summed E-state index contributed by atoms with van der Waals surface area (Å²) < 4.78 is 13.2. The van der Waals surface area contributed by atoms with E-state index in [2.05, 4.69) is 26.1 Å². The predicted octanol–water partition coefficient (Wildman–Crippen LogP) is 3.60. The molecule has 0 fully saturated rings. The van der Waals surface area contributed by atoms with E-state index in [1.807, 2.05) is 48.5 Å². The highest BCUT2D eigenvalue weighted by Gasteiger charge is 2.14. The summed E-state index contributed by atoms with van der Waals surface area (Å²) in [5, 5.41) is 8.99. The van der Waals surface area contributed by atoms with E-state index in [-0.39, 0.29) is 0 Å². The van der Waals surface area contributed by atoms with E-state index in [0.29, 0.717) is 23.3 Å². The number of hydrogen-bond donors (Lipinski definition) is 1. The third kappa shape index (κ3) is 4.26. The Labute approximate surface area is 158 Å². The second-order valence-electron chi connectivity index (χ2n) is 5.03. The van der Waals surface area contributed by atoms with Crippen LogP contribution in [0.5, 0.6) is 11.5 Å². The molecule has 2 aromatic carbocycles. The predicted molar refractivity (Wildman–Crippen MR) is 103 cm³/mol. The Kier molecular flexibility index (Phi) is 5.83. The molecule has 8 heteroatoms. The Morgan fingerprint density at radius 3 is 2.52 bits per heavy atom. The van der Waals surface area contributed by atoms with Crippen molar-refractivity contribution in [2.75, 3.05) is 25.3 Å². The highest BCUT2D eigenvalue weighted by Crippen LogP contribution is 2.28. The highest BCUT2D eigenvalue weighted by atomic mass is 79.9. The fraction of sp³-hybridized carbons (Fsp3) is 0.176. The summed E-state index contributed by atoms with van der Waals surface area (Å²) in [5.41, 5.74) is 0.902. The van der Waals surface area contributed by atoms with Crippen LogP contribution in [0.4, 0.5) is 0 Å². The maximum Gasteiger partial charge on any atom is 0.210 e. The van der Waals surface area contributed by atoms with Crippen LogP contribution in [0.3, 0.4) is 0 Å². The normalized spacial score (nSPS) is 10.6. The summed E-state index contributed by atoms with van der Waals surface area (Å²) >= 11 is 5.00. The molecule has 0 aliphatic rings. The van der Waals surface area contributed by atoms with Crippen molar-refractivity contribution in [3.05, 3.63) is 53.0 Å². The highest BCUT2D eigenvalue weighted by molar-refractivity contribution is 9.10. The molecule has 0 saturated heterocycles. The third-order valence-electron chi connectivity index (χ3n) is 3.42. The van der Waals surface area contributed by atoms with Crippen molar-refractivity contribution >= 4 is 27.7 Å². The fourth-order valence-corrected chi connectivity index (χ4v) is 3.30. The lowest BCUT2D eigenvalue weighted by atomic mass is 10.2. The van der Waals surface area contributed by atoms with Gasteiger partial charge in [-0.25, -0.2) is 4.68 Å². The van der Waals surface area contributed by atoms with Gasteiger partial charge in [-0.2, -0.15) is 0 Å². The van der Waals surface area contributed by atoms with Crippen LogP contribution in [0.1, 0.15) is 0 Å². The van der Waals surface area contributed by atoms with Gasteiger partial charge in [-0.05, 0) is 36.4 Å². The van der Waals surface area contributed by atoms with Crippen molar-refractivity contribution in [2.24, 2.45) is 0 Å².